The number of nitrogens with zero attached hydrogens (tertiary/aromatic N) is 2. The molecule has 1 aromatic rings. The third-order valence-corrected chi connectivity index (χ3v) is 5.00. The van der Waals surface area contributed by atoms with E-state index in [1.807, 2.05) is 6.92 Å². The highest BCUT2D eigenvalue weighted by Gasteiger charge is 2.26. The Morgan fingerprint density at radius 1 is 1.17 bits per heavy atom. The fraction of sp³-hybridized carbons (Fsp3) is 0.632. The molecule has 1 fully saturated rings. The third-order valence-electron chi connectivity index (χ3n) is 5.00. The summed E-state index contributed by atoms with van der Waals surface area (Å²) in [4.78, 5) is 17.2. The van der Waals surface area contributed by atoms with Crippen LogP contribution < -0.4 is 5.32 Å². The molecule has 1 amide bonds. The van der Waals surface area contributed by atoms with Gasteiger partial charge in [-0.25, -0.2) is 0 Å². The van der Waals surface area contributed by atoms with Gasteiger partial charge in [-0.1, -0.05) is 32.0 Å². The van der Waals surface area contributed by atoms with Crippen molar-refractivity contribution in [3.05, 3.63) is 29.3 Å². The van der Waals surface area contributed by atoms with Gasteiger partial charge in [0.15, 0.2) is 0 Å². The van der Waals surface area contributed by atoms with E-state index in [-0.39, 0.29) is 18.6 Å². The van der Waals surface area contributed by atoms with Gasteiger partial charge < -0.3 is 10.4 Å². The van der Waals surface area contributed by atoms with Crippen LogP contribution in [0.15, 0.2) is 18.2 Å². The fourth-order valence-electron chi connectivity index (χ4n) is 3.31. The number of β-amino-alcohol motifs (C(OH)–C–C–N with tert-alkyl or cyclic N) is 1. The van der Waals surface area contributed by atoms with Crippen molar-refractivity contribution < 1.29 is 9.90 Å². The van der Waals surface area contributed by atoms with Crippen molar-refractivity contribution in [2.75, 3.05) is 44.6 Å². The Morgan fingerprint density at radius 3 is 2.25 bits per heavy atom. The number of para-hydroxylation sites is 1. The SMILES string of the molecule is CCc1cccc(CC)c1NC(=O)C(C)N1CCN(CCO)CC1. The molecule has 0 radical (unpaired) electrons. The minimum Gasteiger partial charge on any atom is -0.395 e. The molecule has 1 heterocycles. The van der Waals surface area contributed by atoms with Gasteiger partial charge in [0.25, 0.3) is 0 Å². The zero-order valence-electron chi connectivity index (χ0n) is 15.2. The summed E-state index contributed by atoms with van der Waals surface area (Å²) in [6.07, 6.45) is 1.83. The van der Waals surface area contributed by atoms with Crippen LogP contribution in [0, 0.1) is 0 Å². The van der Waals surface area contributed by atoms with Gasteiger partial charge in [-0.05, 0) is 30.9 Å². The van der Waals surface area contributed by atoms with Gasteiger partial charge in [-0.2, -0.15) is 0 Å². The van der Waals surface area contributed by atoms with Crippen LogP contribution in [-0.2, 0) is 17.6 Å². The molecular formula is C19H31N3O2. The highest BCUT2D eigenvalue weighted by Crippen LogP contribution is 2.23. The highest BCUT2D eigenvalue weighted by atomic mass is 16.3. The Morgan fingerprint density at radius 2 is 1.75 bits per heavy atom. The second-order valence-electron chi connectivity index (χ2n) is 6.42. The average Bonchev–Trinajstić information content (AvgIpc) is 2.62. The van der Waals surface area contributed by atoms with Gasteiger partial charge in [-0.15, -0.1) is 0 Å². The molecule has 5 nitrogen and oxygen atoms in total. The number of carbonyl (C=O) groups excluding carboxylic acids is 1. The molecule has 0 saturated carbocycles. The number of anilines is 1. The highest BCUT2D eigenvalue weighted by molar-refractivity contribution is 5.96. The van der Waals surface area contributed by atoms with Crippen LogP contribution in [0.25, 0.3) is 0 Å². The number of aliphatic hydroxyl groups is 1. The van der Waals surface area contributed by atoms with Crippen molar-refractivity contribution in [3.63, 3.8) is 0 Å². The van der Waals surface area contributed by atoms with Crippen molar-refractivity contribution in [1.29, 1.82) is 0 Å². The van der Waals surface area contributed by atoms with E-state index in [0.717, 1.165) is 51.3 Å². The largest absolute Gasteiger partial charge is 0.395 e. The van der Waals surface area contributed by atoms with Crippen molar-refractivity contribution in [2.45, 2.75) is 39.7 Å². The first-order valence-electron chi connectivity index (χ1n) is 9.09. The van der Waals surface area contributed by atoms with Crippen molar-refractivity contribution in [2.24, 2.45) is 0 Å². The number of piperazine rings is 1. The first kappa shape index (κ1) is 18.9. The number of hydrogen-bond acceptors (Lipinski definition) is 4. The lowest BCUT2D eigenvalue weighted by atomic mass is 10.0. The quantitative estimate of drug-likeness (QED) is 0.798. The van der Waals surface area contributed by atoms with E-state index in [4.69, 9.17) is 5.11 Å². The second-order valence-corrected chi connectivity index (χ2v) is 6.42. The molecular weight excluding hydrogens is 302 g/mol. The van der Waals surface area contributed by atoms with E-state index >= 15 is 0 Å². The van der Waals surface area contributed by atoms with Crippen molar-refractivity contribution >= 4 is 11.6 Å². The van der Waals surface area contributed by atoms with Crippen molar-refractivity contribution in [3.8, 4) is 0 Å². The zero-order chi connectivity index (χ0) is 17.5. The monoisotopic (exact) mass is 333 g/mol. The maximum absolute atomic E-state index is 12.7. The minimum absolute atomic E-state index is 0.0706. The van der Waals surface area contributed by atoms with E-state index in [0.29, 0.717) is 0 Å². The van der Waals surface area contributed by atoms with E-state index in [9.17, 15) is 4.79 Å². The van der Waals surface area contributed by atoms with Crippen LogP contribution >= 0.6 is 0 Å². The van der Waals surface area contributed by atoms with Crippen molar-refractivity contribution in [1.82, 2.24) is 9.80 Å². The Bertz CT molecular complexity index is 517. The maximum Gasteiger partial charge on any atom is 0.241 e. The minimum atomic E-state index is -0.143. The van der Waals surface area contributed by atoms with Crippen LogP contribution in [0.3, 0.4) is 0 Å². The van der Waals surface area contributed by atoms with Crippen LogP contribution in [0.1, 0.15) is 31.9 Å². The molecule has 2 rings (SSSR count). The topological polar surface area (TPSA) is 55.8 Å². The number of rotatable bonds is 7. The molecule has 1 saturated heterocycles. The summed E-state index contributed by atoms with van der Waals surface area (Å²) in [7, 11) is 0. The van der Waals surface area contributed by atoms with Gasteiger partial charge in [-0.3, -0.25) is 14.6 Å². The summed E-state index contributed by atoms with van der Waals surface area (Å²) in [5, 5.41) is 12.2. The van der Waals surface area contributed by atoms with Gasteiger partial charge in [0, 0.05) is 38.4 Å². The average molecular weight is 333 g/mol. The lowest BCUT2D eigenvalue weighted by molar-refractivity contribution is -0.121. The zero-order valence-corrected chi connectivity index (χ0v) is 15.2. The molecule has 0 aliphatic carbocycles. The van der Waals surface area contributed by atoms with Crippen LogP contribution in [0.4, 0.5) is 5.69 Å². The molecule has 24 heavy (non-hydrogen) atoms. The summed E-state index contributed by atoms with van der Waals surface area (Å²) in [6.45, 7) is 10.7. The molecule has 1 atom stereocenters. The number of benzene rings is 1. The number of amides is 1. The van der Waals surface area contributed by atoms with Gasteiger partial charge in [0.05, 0.1) is 12.6 Å². The second kappa shape index (κ2) is 9.16. The number of carbonyl (C=O) groups is 1. The molecule has 1 aromatic carbocycles. The summed E-state index contributed by atoms with van der Waals surface area (Å²) >= 11 is 0. The number of hydrogen-bond donors (Lipinski definition) is 2. The summed E-state index contributed by atoms with van der Waals surface area (Å²) in [5.41, 5.74) is 3.39. The van der Waals surface area contributed by atoms with Crippen LogP contribution in [0.5, 0.6) is 0 Å². The molecule has 5 heteroatoms. The normalized spacial score (nSPS) is 17.7. The molecule has 0 spiro atoms. The Hall–Kier alpha value is -1.43. The van der Waals surface area contributed by atoms with E-state index < -0.39 is 0 Å². The Labute approximate surface area is 145 Å². The predicted octanol–water partition coefficient (Wildman–Crippen LogP) is 1.75. The maximum atomic E-state index is 12.7. The first-order valence-corrected chi connectivity index (χ1v) is 9.09. The van der Waals surface area contributed by atoms with Gasteiger partial charge >= 0.3 is 0 Å². The Balaban J connectivity index is 2.00. The van der Waals surface area contributed by atoms with Gasteiger partial charge in [0.1, 0.15) is 0 Å². The van der Waals surface area contributed by atoms with E-state index in [1.165, 1.54) is 11.1 Å². The molecule has 1 aliphatic heterocycles. The number of aryl methyl sites for hydroxylation is 2. The molecule has 2 N–H and O–H groups in total. The molecule has 0 bridgehead atoms. The standard InChI is InChI=1S/C19H31N3O2/c1-4-16-7-6-8-17(5-2)18(16)20-19(24)15(3)22-11-9-21(10-12-22)13-14-23/h6-8,15,23H,4-5,9-14H2,1-3H3,(H,20,24). The van der Waals surface area contributed by atoms with Crippen LogP contribution in [-0.4, -0.2) is 66.2 Å². The lowest BCUT2D eigenvalue weighted by Crippen LogP contribution is -2.53. The summed E-state index contributed by atoms with van der Waals surface area (Å²) in [6, 6.07) is 6.10. The molecule has 1 unspecified atom stereocenters. The van der Waals surface area contributed by atoms with E-state index in [1.54, 1.807) is 0 Å². The number of nitrogens with one attached hydrogen (secondary N) is 1. The smallest absolute Gasteiger partial charge is 0.241 e. The molecule has 1 aliphatic rings. The van der Waals surface area contributed by atoms with E-state index in [2.05, 4.69) is 47.2 Å². The fourth-order valence-corrected chi connectivity index (χ4v) is 3.31. The summed E-state index contributed by atoms with van der Waals surface area (Å²) in [5.74, 6) is 0.0706. The Kier molecular flexibility index (Phi) is 7.21. The van der Waals surface area contributed by atoms with Crippen LogP contribution in [0.2, 0.25) is 0 Å². The molecule has 0 aromatic heterocycles. The third kappa shape index (κ3) is 4.56. The number of aliphatic hydroxyl groups excluding tert-OH is 1. The first-order chi connectivity index (χ1) is 11.6. The van der Waals surface area contributed by atoms with Gasteiger partial charge in [0.2, 0.25) is 5.91 Å². The predicted molar refractivity (Wildman–Crippen MR) is 98.4 cm³/mol. The summed E-state index contributed by atoms with van der Waals surface area (Å²) < 4.78 is 0. The lowest BCUT2D eigenvalue weighted by Gasteiger charge is -2.37. The molecule has 134 valence electrons.